The highest BCUT2D eigenvalue weighted by atomic mass is 35.5. The first-order chi connectivity index (χ1) is 15.8. The van der Waals surface area contributed by atoms with Crippen molar-refractivity contribution in [2.24, 2.45) is 0 Å². The lowest BCUT2D eigenvalue weighted by molar-refractivity contribution is 0.0666. The first-order valence-corrected chi connectivity index (χ1v) is 12.0. The van der Waals surface area contributed by atoms with E-state index >= 15 is 0 Å². The number of rotatable bonds is 5. The van der Waals surface area contributed by atoms with Crippen molar-refractivity contribution >= 4 is 39.1 Å². The van der Waals surface area contributed by atoms with E-state index in [4.69, 9.17) is 32.4 Å². The molecule has 8 nitrogen and oxygen atoms in total. The van der Waals surface area contributed by atoms with Crippen LogP contribution in [0.2, 0.25) is 10.0 Å². The second-order valence-corrected chi connectivity index (χ2v) is 9.93. The van der Waals surface area contributed by atoms with Crippen LogP contribution in [-0.2, 0) is 10.0 Å². The zero-order valence-corrected chi connectivity index (χ0v) is 19.4. The Hall–Kier alpha value is -3.03. The van der Waals surface area contributed by atoms with Gasteiger partial charge in [-0.25, -0.2) is 8.42 Å². The van der Waals surface area contributed by atoms with Gasteiger partial charge in [-0.05, 0) is 48.5 Å². The number of ether oxygens (including phenoxy) is 1. The molecule has 33 heavy (non-hydrogen) atoms. The molecule has 3 aromatic rings. The molecule has 0 saturated carbocycles. The lowest BCUT2D eigenvalue weighted by Gasteiger charge is -2.33. The Morgan fingerprint density at radius 1 is 1.03 bits per heavy atom. The van der Waals surface area contributed by atoms with Gasteiger partial charge in [0.05, 0.1) is 17.9 Å². The van der Waals surface area contributed by atoms with Gasteiger partial charge in [-0.1, -0.05) is 23.2 Å². The third-order valence-electron chi connectivity index (χ3n) is 5.01. The number of amides is 1. The van der Waals surface area contributed by atoms with Crippen molar-refractivity contribution in [3.05, 3.63) is 76.2 Å². The van der Waals surface area contributed by atoms with Gasteiger partial charge in [0.25, 0.3) is 5.91 Å². The first kappa shape index (κ1) is 23.1. The Balaban J connectivity index is 1.59. The maximum absolute atomic E-state index is 13.5. The largest absolute Gasteiger partial charge is 0.459 e. The lowest BCUT2D eigenvalue weighted by Crippen LogP contribution is -2.50. The molecule has 1 amide bonds. The van der Waals surface area contributed by atoms with E-state index in [9.17, 15) is 18.5 Å². The molecule has 4 rings (SSSR count). The molecule has 1 aromatic heterocycles. The number of halogens is 2. The topological polar surface area (TPSA) is 104 Å². The van der Waals surface area contributed by atoms with E-state index in [-0.39, 0.29) is 59.8 Å². The molecule has 0 unspecified atom stereocenters. The summed E-state index contributed by atoms with van der Waals surface area (Å²) in [5, 5.41) is 9.94. The summed E-state index contributed by atoms with van der Waals surface area (Å²) in [6, 6.07) is 13.8. The van der Waals surface area contributed by atoms with E-state index in [1.165, 1.54) is 51.9 Å². The Bertz CT molecular complexity index is 1310. The summed E-state index contributed by atoms with van der Waals surface area (Å²) in [6.07, 6.45) is 1.41. The van der Waals surface area contributed by atoms with Gasteiger partial charge in [0.15, 0.2) is 5.76 Å². The third kappa shape index (κ3) is 4.99. The zero-order valence-electron chi connectivity index (χ0n) is 17.1. The fourth-order valence-electron chi connectivity index (χ4n) is 3.40. The second kappa shape index (κ2) is 9.45. The van der Waals surface area contributed by atoms with Crippen molar-refractivity contribution < 1.29 is 22.4 Å². The highest BCUT2D eigenvalue weighted by molar-refractivity contribution is 7.89. The summed E-state index contributed by atoms with van der Waals surface area (Å²) in [5.74, 6) is 0.179. The summed E-state index contributed by atoms with van der Waals surface area (Å²) < 4.78 is 39.1. The van der Waals surface area contributed by atoms with E-state index in [2.05, 4.69) is 0 Å². The number of piperazine rings is 1. The Morgan fingerprint density at radius 2 is 1.73 bits per heavy atom. The van der Waals surface area contributed by atoms with Crippen molar-refractivity contribution in [2.45, 2.75) is 4.90 Å². The van der Waals surface area contributed by atoms with Crippen molar-refractivity contribution in [1.29, 1.82) is 5.26 Å². The number of sulfonamides is 1. The summed E-state index contributed by atoms with van der Waals surface area (Å²) in [4.78, 5) is 13.8. The number of hydrogen-bond donors (Lipinski definition) is 0. The van der Waals surface area contributed by atoms with Crippen molar-refractivity contribution in [3.8, 4) is 17.6 Å². The van der Waals surface area contributed by atoms with Gasteiger partial charge < -0.3 is 14.1 Å². The van der Waals surface area contributed by atoms with Crippen LogP contribution < -0.4 is 4.74 Å². The fourth-order valence-corrected chi connectivity index (χ4v) is 5.47. The van der Waals surface area contributed by atoms with Gasteiger partial charge in [0.2, 0.25) is 10.0 Å². The van der Waals surface area contributed by atoms with Crippen LogP contribution in [0.1, 0.15) is 16.1 Å². The maximum Gasteiger partial charge on any atom is 0.289 e. The van der Waals surface area contributed by atoms with Gasteiger partial charge >= 0.3 is 0 Å². The minimum atomic E-state index is -4.04. The van der Waals surface area contributed by atoms with E-state index in [0.717, 1.165) is 0 Å². The summed E-state index contributed by atoms with van der Waals surface area (Å²) in [5.41, 5.74) is 0.164. The minimum absolute atomic E-state index is 0.0291. The van der Waals surface area contributed by atoms with Gasteiger partial charge in [0, 0.05) is 36.2 Å². The molecule has 0 atom stereocenters. The Morgan fingerprint density at radius 3 is 2.33 bits per heavy atom. The minimum Gasteiger partial charge on any atom is -0.459 e. The summed E-state index contributed by atoms with van der Waals surface area (Å²) in [7, 11) is -4.04. The monoisotopic (exact) mass is 505 g/mol. The number of nitriles is 1. The third-order valence-corrected chi connectivity index (χ3v) is 7.37. The number of carbonyl (C=O) groups is 1. The van der Waals surface area contributed by atoms with Crippen molar-refractivity contribution in [2.75, 3.05) is 26.2 Å². The zero-order chi connectivity index (χ0) is 23.6. The number of nitrogens with zero attached hydrogens (tertiary/aromatic N) is 3. The molecule has 0 radical (unpaired) electrons. The predicted octanol–water partition coefficient (Wildman–Crippen LogP) is 4.40. The van der Waals surface area contributed by atoms with Crippen LogP contribution in [0.5, 0.6) is 11.5 Å². The Labute approximate surface area is 200 Å². The highest BCUT2D eigenvalue weighted by Gasteiger charge is 2.33. The number of hydrogen-bond acceptors (Lipinski definition) is 6. The molecular weight excluding hydrogens is 489 g/mol. The normalized spacial score (nSPS) is 14.6. The van der Waals surface area contributed by atoms with Crippen LogP contribution in [0.25, 0.3) is 0 Å². The van der Waals surface area contributed by atoms with E-state index in [1.54, 1.807) is 12.1 Å². The molecule has 1 fully saturated rings. The molecule has 0 bridgehead atoms. The molecular formula is C22H17Cl2N3O5S. The van der Waals surface area contributed by atoms with Crippen LogP contribution >= 0.6 is 23.2 Å². The number of furan rings is 1. The number of carbonyl (C=O) groups excluding carboxylic acids is 1. The van der Waals surface area contributed by atoms with Gasteiger partial charge in [-0.15, -0.1) is 0 Å². The van der Waals surface area contributed by atoms with Crippen LogP contribution in [-0.4, -0.2) is 49.7 Å². The molecule has 170 valence electrons. The molecule has 1 saturated heterocycles. The van der Waals surface area contributed by atoms with Gasteiger partial charge in [-0.2, -0.15) is 9.57 Å². The average molecular weight is 506 g/mol. The molecule has 1 aliphatic heterocycles. The molecule has 11 heteroatoms. The summed E-state index contributed by atoms with van der Waals surface area (Å²) >= 11 is 12.0. The highest BCUT2D eigenvalue weighted by Crippen LogP contribution is 2.34. The SMILES string of the molecule is N#Cc1ccc(Oc2cc(Cl)cc(Cl)c2)c(S(=O)(=O)N2CCN(C(=O)c3ccco3)CC2)c1. The molecule has 0 N–H and O–H groups in total. The summed E-state index contributed by atoms with van der Waals surface area (Å²) in [6.45, 7) is 0.537. The van der Waals surface area contributed by atoms with Gasteiger partial charge in [0.1, 0.15) is 16.4 Å². The van der Waals surface area contributed by atoms with Gasteiger partial charge in [-0.3, -0.25) is 4.79 Å². The van der Waals surface area contributed by atoms with Crippen LogP contribution in [0, 0.1) is 11.3 Å². The fraction of sp³-hybridized carbons (Fsp3) is 0.182. The Kier molecular flexibility index (Phi) is 6.63. The van der Waals surface area contributed by atoms with E-state index in [1.807, 2.05) is 6.07 Å². The molecule has 0 aliphatic carbocycles. The number of benzene rings is 2. The first-order valence-electron chi connectivity index (χ1n) is 9.79. The van der Waals surface area contributed by atoms with Crippen LogP contribution in [0.3, 0.4) is 0 Å². The molecule has 2 heterocycles. The predicted molar refractivity (Wildman–Crippen MR) is 121 cm³/mol. The van der Waals surface area contributed by atoms with E-state index < -0.39 is 10.0 Å². The van der Waals surface area contributed by atoms with E-state index in [0.29, 0.717) is 10.0 Å². The lowest BCUT2D eigenvalue weighted by atomic mass is 10.2. The van der Waals surface area contributed by atoms with Crippen LogP contribution in [0.15, 0.2) is 64.1 Å². The molecule has 0 spiro atoms. The standard InChI is InChI=1S/C22H17Cl2N3O5S/c23-16-11-17(24)13-18(12-16)32-19-4-3-15(14-25)10-21(19)33(29,30)27-7-5-26(6-8-27)22(28)20-2-1-9-31-20/h1-4,9-13H,5-8H2. The smallest absolute Gasteiger partial charge is 0.289 e. The molecule has 1 aliphatic rings. The average Bonchev–Trinajstić information content (AvgIpc) is 3.33. The van der Waals surface area contributed by atoms with Crippen LogP contribution in [0.4, 0.5) is 0 Å². The van der Waals surface area contributed by atoms with Crippen molar-refractivity contribution in [3.63, 3.8) is 0 Å². The quantitative estimate of drug-likeness (QED) is 0.508. The van der Waals surface area contributed by atoms with Crippen molar-refractivity contribution in [1.82, 2.24) is 9.21 Å². The molecule has 2 aromatic carbocycles. The maximum atomic E-state index is 13.5. The second-order valence-electron chi connectivity index (χ2n) is 7.15.